The van der Waals surface area contributed by atoms with Crippen LogP contribution in [0.1, 0.15) is 34.6 Å². The average Bonchev–Trinajstić information content (AvgIpc) is 2.83. The highest BCUT2D eigenvalue weighted by atomic mass is 32.1. The number of hydrogen-bond acceptors (Lipinski definition) is 6. The van der Waals surface area contributed by atoms with Crippen LogP contribution in [-0.4, -0.2) is 48.8 Å². The SMILES string of the molecule is COCCNC(=O)C(=O)Nc1sc2c(c1C(=O)O)CC(C)(C)OC2. The summed E-state index contributed by atoms with van der Waals surface area (Å²) >= 11 is 1.12. The largest absolute Gasteiger partial charge is 0.478 e. The molecule has 1 aliphatic heterocycles. The molecule has 3 N–H and O–H groups in total. The number of carboxylic acid groups (broad SMARTS) is 1. The number of anilines is 1. The zero-order valence-electron chi connectivity index (χ0n) is 13.7. The number of carbonyl (C=O) groups is 3. The predicted octanol–water partition coefficient (Wildman–Crippen LogP) is 0.999. The molecule has 8 nitrogen and oxygen atoms in total. The quantitative estimate of drug-likeness (QED) is 0.536. The van der Waals surface area contributed by atoms with Crippen LogP contribution in [0.15, 0.2) is 0 Å². The summed E-state index contributed by atoms with van der Waals surface area (Å²) in [7, 11) is 1.48. The van der Waals surface area contributed by atoms with Crippen LogP contribution < -0.4 is 10.6 Å². The van der Waals surface area contributed by atoms with Gasteiger partial charge in [-0.05, 0) is 19.4 Å². The van der Waals surface area contributed by atoms with E-state index in [1.807, 2.05) is 13.8 Å². The summed E-state index contributed by atoms with van der Waals surface area (Å²) in [6, 6.07) is 0. The zero-order valence-corrected chi connectivity index (χ0v) is 14.5. The minimum absolute atomic E-state index is 0.0319. The molecule has 1 aromatic rings. The fourth-order valence-corrected chi connectivity index (χ4v) is 3.49. The third-order valence-corrected chi connectivity index (χ3v) is 4.65. The molecule has 1 aromatic heterocycles. The number of aromatic carboxylic acids is 1. The van der Waals surface area contributed by atoms with E-state index in [-0.39, 0.29) is 30.3 Å². The van der Waals surface area contributed by atoms with Crippen LogP contribution >= 0.6 is 11.3 Å². The second-order valence-corrected chi connectivity index (χ2v) is 7.05. The molecule has 24 heavy (non-hydrogen) atoms. The van der Waals surface area contributed by atoms with E-state index in [1.54, 1.807) is 0 Å². The van der Waals surface area contributed by atoms with Gasteiger partial charge in [-0.25, -0.2) is 4.79 Å². The van der Waals surface area contributed by atoms with Crippen LogP contribution in [0.3, 0.4) is 0 Å². The van der Waals surface area contributed by atoms with E-state index in [0.29, 0.717) is 12.0 Å². The van der Waals surface area contributed by atoms with Crippen molar-refractivity contribution in [3.63, 3.8) is 0 Å². The van der Waals surface area contributed by atoms with E-state index in [2.05, 4.69) is 10.6 Å². The number of hydrogen-bond donors (Lipinski definition) is 3. The van der Waals surface area contributed by atoms with Gasteiger partial charge in [0.1, 0.15) is 5.00 Å². The third kappa shape index (κ3) is 4.11. The Morgan fingerprint density at radius 2 is 2.04 bits per heavy atom. The van der Waals surface area contributed by atoms with E-state index in [0.717, 1.165) is 16.2 Å². The molecule has 0 fully saturated rings. The van der Waals surface area contributed by atoms with Crippen LogP contribution in [0.25, 0.3) is 0 Å². The predicted molar refractivity (Wildman–Crippen MR) is 87.4 cm³/mol. The van der Waals surface area contributed by atoms with Crippen molar-refractivity contribution in [1.29, 1.82) is 0 Å². The number of thiophene rings is 1. The van der Waals surface area contributed by atoms with Gasteiger partial charge in [0.2, 0.25) is 0 Å². The fourth-order valence-electron chi connectivity index (χ4n) is 2.37. The number of amides is 2. The maximum absolute atomic E-state index is 11.9. The Morgan fingerprint density at radius 3 is 2.67 bits per heavy atom. The van der Waals surface area contributed by atoms with E-state index in [1.165, 1.54) is 7.11 Å². The lowest BCUT2D eigenvalue weighted by molar-refractivity contribution is -0.136. The van der Waals surface area contributed by atoms with E-state index >= 15 is 0 Å². The Morgan fingerprint density at radius 1 is 1.33 bits per heavy atom. The number of carboxylic acids is 1. The number of carbonyl (C=O) groups excluding carboxylic acids is 2. The topological polar surface area (TPSA) is 114 Å². The van der Waals surface area contributed by atoms with Gasteiger partial charge in [-0.2, -0.15) is 0 Å². The lowest BCUT2D eigenvalue weighted by Crippen LogP contribution is -2.37. The minimum atomic E-state index is -1.14. The lowest BCUT2D eigenvalue weighted by Gasteiger charge is -2.30. The molecule has 0 saturated carbocycles. The molecule has 0 saturated heterocycles. The van der Waals surface area contributed by atoms with Gasteiger partial charge in [0.15, 0.2) is 0 Å². The standard InChI is InChI=1S/C15H20N2O6S/c1-15(2)6-8-9(7-23-15)24-13(10(8)14(20)21)17-12(19)11(18)16-4-5-22-3/h4-7H2,1-3H3,(H,16,18)(H,17,19)(H,20,21). The third-order valence-electron chi connectivity index (χ3n) is 3.53. The Bertz CT molecular complexity index is 667. The number of ether oxygens (including phenoxy) is 2. The molecule has 2 amide bonds. The number of rotatable bonds is 5. The van der Waals surface area contributed by atoms with Gasteiger partial charge in [-0.15, -0.1) is 11.3 Å². The van der Waals surface area contributed by atoms with Gasteiger partial charge in [-0.3, -0.25) is 9.59 Å². The zero-order chi connectivity index (χ0) is 17.9. The second-order valence-electron chi connectivity index (χ2n) is 5.94. The molecule has 9 heteroatoms. The molecule has 2 heterocycles. The van der Waals surface area contributed by atoms with Crippen LogP contribution in [0.5, 0.6) is 0 Å². The number of methoxy groups -OCH3 is 1. The summed E-state index contributed by atoms with van der Waals surface area (Å²) in [6.45, 7) is 4.50. The molecule has 0 spiro atoms. The lowest BCUT2D eigenvalue weighted by atomic mass is 9.93. The first-order chi connectivity index (χ1) is 11.2. The fraction of sp³-hybridized carbons (Fsp3) is 0.533. The molecule has 0 aromatic carbocycles. The average molecular weight is 356 g/mol. The summed E-state index contributed by atoms with van der Waals surface area (Å²) in [6.07, 6.45) is 0.427. The van der Waals surface area contributed by atoms with Crippen molar-refractivity contribution < 1.29 is 29.0 Å². The Labute approximate surface area is 143 Å². The normalized spacial score (nSPS) is 15.5. The molecule has 0 radical (unpaired) electrons. The second kappa shape index (κ2) is 7.29. The summed E-state index contributed by atoms with van der Waals surface area (Å²) in [5, 5.41) is 14.4. The summed E-state index contributed by atoms with van der Waals surface area (Å²) < 4.78 is 10.4. The van der Waals surface area contributed by atoms with E-state index in [9.17, 15) is 19.5 Å². The van der Waals surface area contributed by atoms with Crippen molar-refractivity contribution in [2.75, 3.05) is 25.6 Å². The van der Waals surface area contributed by atoms with Gasteiger partial charge >= 0.3 is 17.8 Å². The molecule has 0 bridgehead atoms. The van der Waals surface area contributed by atoms with Crippen molar-refractivity contribution in [2.24, 2.45) is 0 Å². The van der Waals surface area contributed by atoms with Crippen LogP contribution in [0, 0.1) is 0 Å². The Kier molecular flexibility index (Phi) is 5.58. The smallest absolute Gasteiger partial charge is 0.339 e. The maximum Gasteiger partial charge on any atom is 0.339 e. The first kappa shape index (κ1) is 18.4. The monoisotopic (exact) mass is 356 g/mol. The molecular formula is C15H20N2O6S. The van der Waals surface area contributed by atoms with Crippen molar-refractivity contribution in [3.8, 4) is 0 Å². The summed E-state index contributed by atoms with van der Waals surface area (Å²) in [5.74, 6) is -2.89. The van der Waals surface area contributed by atoms with E-state index in [4.69, 9.17) is 9.47 Å². The first-order valence-electron chi connectivity index (χ1n) is 7.35. The molecule has 1 aliphatic rings. The van der Waals surface area contributed by atoms with Gasteiger partial charge in [0, 0.05) is 25.0 Å². The van der Waals surface area contributed by atoms with Crippen molar-refractivity contribution in [2.45, 2.75) is 32.5 Å². The van der Waals surface area contributed by atoms with Crippen molar-refractivity contribution in [3.05, 3.63) is 16.0 Å². The highest BCUT2D eigenvalue weighted by molar-refractivity contribution is 7.17. The Hall–Kier alpha value is -1.97. The molecule has 2 rings (SSSR count). The van der Waals surface area contributed by atoms with Gasteiger partial charge in [-0.1, -0.05) is 0 Å². The number of nitrogens with one attached hydrogen (secondary N) is 2. The maximum atomic E-state index is 11.9. The minimum Gasteiger partial charge on any atom is -0.478 e. The number of fused-ring (bicyclic) bond motifs is 1. The molecule has 0 unspecified atom stereocenters. The molecular weight excluding hydrogens is 336 g/mol. The summed E-state index contributed by atoms with van der Waals surface area (Å²) in [4.78, 5) is 36.0. The first-order valence-corrected chi connectivity index (χ1v) is 8.16. The van der Waals surface area contributed by atoms with Crippen molar-refractivity contribution in [1.82, 2.24) is 5.32 Å². The van der Waals surface area contributed by atoms with Crippen LogP contribution in [0.4, 0.5) is 5.00 Å². The van der Waals surface area contributed by atoms with Gasteiger partial charge < -0.3 is 25.2 Å². The Balaban J connectivity index is 2.19. The highest BCUT2D eigenvalue weighted by Crippen LogP contribution is 2.40. The van der Waals surface area contributed by atoms with Gasteiger partial charge in [0.05, 0.1) is 24.4 Å². The van der Waals surface area contributed by atoms with Crippen molar-refractivity contribution >= 4 is 34.1 Å². The van der Waals surface area contributed by atoms with Crippen LogP contribution in [-0.2, 0) is 32.1 Å². The molecule has 132 valence electrons. The summed E-state index contributed by atoms with van der Waals surface area (Å²) in [5.41, 5.74) is 0.208. The molecule has 0 aliphatic carbocycles. The van der Waals surface area contributed by atoms with Gasteiger partial charge in [0.25, 0.3) is 0 Å². The molecule has 0 atom stereocenters. The van der Waals surface area contributed by atoms with Crippen LogP contribution in [0.2, 0.25) is 0 Å². The van der Waals surface area contributed by atoms with E-state index < -0.39 is 23.4 Å². The highest BCUT2D eigenvalue weighted by Gasteiger charge is 2.34.